The Bertz CT molecular complexity index is 465. The first-order valence-electron chi connectivity index (χ1n) is 4.79. The van der Waals surface area contributed by atoms with Gasteiger partial charge in [-0.3, -0.25) is 4.79 Å². The van der Waals surface area contributed by atoms with Crippen LogP contribution in [0.1, 0.15) is 6.92 Å². The van der Waals surface area contributed by atoms with Gasteiger partial charge in [-0.25, -0.2) is 9.97 Å². The summed E-state index contributed by atoms with van der Waals surface area (Å²) in [5.74, 6) is 0.0907. The zero-order valence-electron chi connectivity index (χ0n) is 8.67. The van der Waals surface area contributed by atoms with Gasteiger partial charge in [-0.2, -0.15) is 0 Å². The predicted molar refractivity (Wildman–Crippen MR) is 64.8 cm³/mol. The van der Waals surface area contributed by atoms with Crippen LogP contribution < -0.4 is 0 Å². The summed E-state index contributed by atoms with van der Waals surface area (Å²) in [5.41, 5.74) is 0.874. The van der Waals surface area contributed by atoms with Crippen LogP contribution in [0, 0.1) is 0 Å². The quantitative estimate of drug-likeness (QED) is 0.619. The van der Waals surface area contributed by atoms with Crippen molar-refractivity contribution in [3.05, 3.63) is 18.3 Å². The van der Waals surface area contributed by atoms with E-state index >= 15 is 0 Å². The van der Waals surface area contributed by atoms with Gasteiger partial charge >= 0.3 is 5.97 Å². The third kappa shape index (κ3) is 2.70. The Kier molecular flexibility index (Phi) is 3.74. The molecule has 0 aliphatic carbocycles. The van der Waals surface area contributed by atoms with Crippen molar-refractivity contribution >= 4 is 39.4 Å². The van der Waals surface area contributed by atoms with E-state index in [0.29, 0.717) is 12.4 Å². The average molecular weight is 254 g/mol. The van der Waals surface area contributed by atoms with E-state index in [2.05, 4.69) is 9.97 Å². The summed E-state index contributed by atoms with van der Waals surface area (Å²) in [4.78, 5) is 20.6. The maximum atomic E-state index is 11.1. The van der Waals surface area contributed by atoms with Crippen LogP contribution in [0.4, 0.5) is 0 Å². The first-order chi connectivity index (χ1) is 7.79. The highest BCUT2D eigenvalue weighted by Crippen LogP contribution is 2.27. The Morgan fingerprint density at radius 1 is 1.62 bits per heavy atom. The summed E-state index contributed by atoms with van der Waals surface area (Å²) >= 11 is 2.88. The highest BCUT2D eigenvalue weighted by atomic mass is 32.2. The maximum Gasteiger partial charge on any atom is 0.316 e. The number of aromatic nitrogens is 2. The van der Waals surface area contributed by atoms with E-state index in [1.54, 1.807) is 13.1 Å². The van der Waals surface area contributed by atoms with Crippen molar-refractivity contribution in [2.75, 3.05) is 12.4 Å². The van der Waals surface area contributed by atoms with Crippen LogP contribution in [0.25, 0.3) is 10.3 Å². The number of esters is 1. The zero-order valence-corrected chi connectivity index (χ0v) is 10.3. The van der Waals surface area contributed by atoms with Gasteiger partial charge in [0.2, 0.25) is 0 Å². The topological polar surface area (TPSA) is 52.1 Å². The largest absolute Gasteiger partial charge is 0.465 e. The standard InChI is InChI=1S/C10H10N2O2S2/c1-2-14-8(13)6-15-10-12-7-4-3-5-11-9(7)16-10/h3-5H,2,6H2,1H3. The SMILES string of the molecule is CCOC(=O)CSc1nc2cccnc2s1. The molecule has 0 atom stereocenters. The van der Waals surface area contributed by atoms with Crippen LogP contribution in [0.15, 0.2) is 22.7 Å². The smallest absolute Gasteiger partial charge is 0.316 e. The van der Waals surface area contributed by atoms with Gasteiger partial charge in [-0.15, -0.1) is 0 Å². The van der Waals surface area contributed by atoms with E-state index in [-0.39, 0.29) is 5.97 Å². The van der Waals surface area contributed by atoms with Gasteiger partial charge in [0.1, 0.15) is 10.3 Å². The lowest BCUT2D eigenvalue weighted by Crippen LogP contribution is -2.06. The number of carbonyl (C=O) groups is 1. The molecule has 4 nitrogen and oxygen atoms in total. The number of thiazole rings is 1. The molecule has 0 amide bonds. The molecule has 0 saturated heterocycles. The molecule has 0 fully saturated rings. The molecule has 0 N–H and O–H groups in total. The van der Waals surface area contributed by atoms with Crippen molar-refractivity contribution in [2.45, 2.75) is 11.3 Å². The lowest BCUT2D eigenvalue weighted by molar-refractivity contribution is -0.139. The first-order valence-corrected chi connectivity index (χ1v) is 6.60. The van der Waals surface area contributed by atoms with Crippen molar-refractivity contribution in [3.8, 4) is 0 Å². The Morgan fingerprint density at radius 2 is 2.50 bits per heavy atom. The molecule has 84 valence electrons. The number of thioether (sulfide) groups is 1. The monoisotopic (exact) mass is 254 g/mol. The molecule has 2 aromatic heterocycles. The third-order valence-corrected chi connectivity index (χ3v) is 3.86. The minimum absolute atomic E-state index is 0.209. The van der Waals surface area contributed by atoms with Crippen LogP contribution in [-0.2, 0) is 9.53 Å². The lowest BCUT2D eigenvalue weighted by atomic mass is 10.5. The Balaban J connectivity index is 2.02. The fraction of sp³-hybridized carbons (Fsp3) is 0.300. The predicted octanol–water partition coefficient (Wildman–Crippen LogP) is 2.35. The zero-order chi connectivity index (χ0) is 11.4. The molecule has 0 spiro atoms. The van der Waals surface area contributed by atoms with Crippen LogP contribution in [0.3, 0.4) is 0 Å². The fourth-order valence-corrected chi connectivity index (χ4v) is 2.91. The molecule has 0 aromatic carbocycles. The molecule has 2 rings (SSSR count). The number of hydrogen-bond donors (Lipinski definition) is 0. The van der Waals surface area contributed by atoms with E-state index in [9.17, 15) is 4.79 Å². The number of rotatable bonds is 4. The molecule has 0 unspecified atom stereocenters. The number of ether oxygens (including phenoxy) is 1. The lowest BCUT2D eigenvalue weighted by Gasteiger charge is -1.98. The van der Waals surface area contributed by atoms with Crippen molar-refractivity contribution < 1.29 is 9.53 Å². The molecular weight excluding hydrogens is 244 g/mol. The first kappa shape index (κ1) is 11.3. The average Bonchev–Trinajstić information content (AvgIpc) is 2.69. The highest BCUT2D eigenvalue weighted by molar-refractivity contribution is 8.01. The van der Waals surface area contributed by atoms with Gasteiger partial charge in [0, 0.05) is 6.20 Å². The second kappa shape index (κ2) is 5.27. The summed E-state index contributed by atoms with van der Waals surface area (Å²) in [6.07, 6.45) is 1.74. The second-order valence-electron chi connectivity index (χ2n) is 2.90. The van der Waals surface area contributed by atoms with Gasteiger partial charge in [-0.1, -0.05) is 23.1 Å². The summed E-state index contributed by atoms with van der Waals surface area (Å²) in [6, 6.07) is 3.76. The number of fused-ring (bicyclic) bond motifs is 1. The van der Waals surface area contributed by atoms with Crippen molar-refractivity contribution in [2.24, 2.45) is 0 Å². The van der Waals surface area contributed by atoms with Crippen molar-refractivity contribution in [3.63, 3.8) is 0 Å². The third-order valence-electron chi connectivity index (χ3n) is 1.77. The van der Waals surface area contributed by atoms with Crippen LogP contribution in [-0.4, -0.2) is 28.3 Å². The molecule has 0 radical (unpaired) electrons. The van der Waals surface area contributed by atoms with Gasteiger partial charge in [0.25, 0.3) is 0 Å². The molecule has 0 aliphatic heterocycles. The second-order valence-corrected chi connectivity index (χ2v) is 5.10. The Labute approximate surface area is 101 Å². The van der Waals surface area contributed by atoms with E-state index in [4.69, 9.17) is 4.74 Å². The number of nitrogens with zero attached hydrogens (tertiary/aromatic N) is 2. The van der Waals surface area contributed by atoms with Crippen LogP contribution >= 0.6 is 23.1 Å². The Hall–Kier alpha value is -1.14. The van der Waals surface area contributed by atoms with E-state index in [1.165, 1.54) is 23.1 Å². The minimum Gasteiger partial charge on any atom is -0.465 e. The van der Waals surface area contributed by atoms with E-state index in [0.717, 1.165) is 14.7 Å². The van der Waals surface area contributed by atoms with E-state index in [1.807, 2.05) is 12.1 Å². The normalized spacial score (nSPS) is 10.6. The fourth-order valence-electron chi connectivity index (χ4n) is 1.13. The van der Waals surface area contributed by atoms with Gasteiger partial charge in [-0.05, 0) is 19.1 Å². The van der Waals surface area contributed by atoms with E-state index < -0.39 is 0 Å². The molecular formula is C10H10N2O2S2. The molecule has 0 aliphatic rings. The highest BCUT2D eigenvalue weighted by Gasteiger charge is 2.08. The van der Waals surface area contributed by atoms with Crippen LogP contribution in [0.5, 0.6) is 0 Å². The molecule has 6 heteroatoms. The molecule has 2 heterocycles. The molecule has 0 bridgehead atoms. The van der Waals surface area contributed by atoms with Gasteiger partial charge < -0.3 is 4.74 Å². The molecule has 16 heavy (non-hydrogen) atoms. The number of carbonyl (C=O) groups excluding carboxylic acids is 1. The summed E-state index contributed by atoms with van der Waals surface area (Å²) in [7, 11) is 0. The summed E-state index contributed by atoms with van der Waals surface area (Å²) in [5, 5.41) is 0. The van der Waals surface area contributed by atoms with Crippen molar-refractivity contribution in [1.29, 1.82) is 0 Å². The minimum atomic E-state index is -0.209. The number of pyridine rings is 1. The van der Waals surface area contributed by atoms with Gasteiger partial charge in [0.15, 0.2) is 4.34 Å². The Morgan fingerprint density at radius 3 is 3.25 bits per heavy atom. The maximum absolute atomic E-state index is 11.1. The van der Waals surface area contributed by atoms with Crippen LogP contribution in [0.2, 0.25) is 0 Å². The van der Waals surface area contributed by atoms with Gasteiger partial charge in [0.05, 0.1) is 12.4 Å². The van der Waals surface area contributed by atoms with Crippen molar-refractivity contribution in [1.82, 2.24) is 9.97 Å². The summed E-state index contributed by atoms with van der Waals surface area (Å²) < 4.78 is 5.69. The summed E-state index contributed by atoms with van der Waals surface area (Å²) in [6.45, 7) is 2.21. The molecule has 0 saturated carbocycles. The molecule has 2 aromatic rings. The number of hydrogen-bond acceptors (Lipinski definition) is 6.